The molecule has 0 bridgehead atoms. The molecule has 0 aromatic heterocycles. The van der Waals surface area contributed by atoms with Crippen molar-refractivity contribution < 1.29 is 14.3 Å². The van der Waals surface area contributed by atoms with Crippen molar-refractivity contribution in [2.45, 2.75) is 51.4 Å². The van der Waals surface area contributed by atoms with Gasteiger partial charge in [-0.15, -0.1) is 0 Å². The van der Waals surface area contributed by atoms with Gasteiger partial charge in [-0.3, -0.25) is 9.69 Å². The van der Waals surface area contributed by atoms with Crippen molar-refractivity contribution in [1.82, 2.24) is 15.5 Å². The third-order valence-electron chi connectivity index (χ3n) is 6.74. The predicted octanol–water partition coefficient (Wildman–Crippen LogP) is 3.31. The van der Waals surface area contributed by atoms with E-state index in [1.807, 2.05) is 18.4 Å². The van der Waals surface area contributed by atoms with Crippen LogP contribution in [0.1, 0.15) is 32.3 Å². The first-order valence-electron chi connectivity index (χ1n) is 13.0. The molecule has 2 aromatic rings. The minimum atomic E-state index is -0.652. The van der Waals surface area contributed by atoms with Crippen molar-refractivity contribution >= 4 is 47.0 Å². The monoisotopic (exact) mass is 548 g/mol. The fraction of sp³-hybridized carbons (Fsp3) is 0.571. The van der Waals surface area contributed by atoms with Gasteiger partial charge in [0, 0.05) is 37.5 Å². The van der Waals surface area contributed by atoms with E-state index in [0.29, 0.717) is 37.7 Å². The summed E-state index contributed by atoms with van der Waals surface area (Å²) >= 11 is 5.95. The minimum absolute atomic E-state index is 0.0399. The quantitative estimate of drug-likeness (QED) is 0.178. The number of carbonyl (C=O) groups is 2. The molecular weight excluding hydrogens is 504 g/mol. The summed E-state index contributed by atoms with van der Waals surface area (Å²) in [7, 11) is 1.35. The molecule has 0 radical (unpaired) electrons. The number of thioether (sulfide) groups is 1. The maximum Gasteiger partial charge on any atom is 0.328 e. The van der Waals surface area contributed by atoms with Gasteiger partial charge in [-0.05, 0) is 40.7 Å². The van der Waals surface area contributed by atoms with Crippen molar-refractivity contribution in [3.63, 3.8) is 0 Å². The van der Waals surface area contributed by atoms with Crippen LogP contribution < -0.4 is 16.4 Å². The summed E-state index contributed by atoms with van der Waals surface area (Å²) in [6.07, 6.45) is 3.51. The van der Waals surface area contributed by atoms with E-state index >= 15 is 0 Å². The molecule has 37 heavy (non-hydrogen) atoms. The molecule has 4 atom stereocenters. The molecule has 0 spiro atoms. The predicted molar refractivity (Wildman–Crippen MR) is 159 cm³/mol. The molecule has 206 valence electrons. The van der Waals surface area contributed by atoms with Crippen LogP contribution >= 0.6 is 24.4 Å². The number of esters is 1. The van der Waals surface area contributed by atoms with Crippen molar-refractivity contribution in [1.29, 1.82) is 0 Å². The van der Waals surface area contributed by atoms with Crippen molar-refractivity contribution in [3.05, 3.63) is 48.0 Å². The van der Waals surface area contributed by atoms with Crippen molar-refractivity contribution in [2.24, 2.45) is 11.7 Å². The molecule has 0 saturated heterocycles. The highest BCUT2D eigenvalue weighted by Crippen LogP contribution is 2.21. The molecule has 0 heterocycles. The van der Waals surface area contributed by atoms with Gasteiger partial charge in [-0.1, -0.05) is 62.7 Å². The highest BCUT2D eigenvalue weighted by atomic mass is 32.2. The number of nitrogens with one attached hydrogen (secondary N) is 2. The number of hydrogen-bond donors (Lipinski definition) is 4. The molecule has 0 aliphatic rings. The molecule has 0 fully saturated rings. The lowest BCUT2D eigenvalue weighted by Crippen LogP contribution is -2.51. The molecule has 2 aromatic carbocycles. The number of ether oxygens (including phenoxy) is 1. The van der Waals surface area contributed by atoms with E-state index in [1.165, 1.54) is 17.9 Å². The summed E-state index contributed by atoms with van der Waals surface area (Å²) in [4.78, 5) is 27.7. The zero-order valence-corrected chi connectivity index (χ0v) is 24.3. The highest BCUT2D eigenvalue weighted by molar-refractivity contribution is 7.98. The van der Waals surface area contributed by atoms with Crippen LogP contribution in [0.4, 0.5) is 0 Å². The Bertz CT molecular complexity index is 972. The van der Waals surface area contributed by atoms with Crippen molar-refractivity contribution in [3.8, 4) is 0 Å². The SMILES string of the molecule is CCC(C)C(CN(CC(=O)NC(CCSC)C(=O)OC)Cc1cccc2ccccc12)NC[C@H](N)CS. The Morgan fingerprint density at radius 3 is 2.59 bits per heavy atom. The van der Waals surface area contributed by atoms with E-state index < -0.39 is 12.0 Å². The number of methoxy groups -OCH3 is 1. The van der Waals surface area contributed by atoms with Gasteiger partial charge in [0.1, 0.15) is 6.04 Å². The van der Waals surface area contributed by atoms with Gasteiger partial charge in [0.25, 0.3) is 0 Å². The van der Waals surface area contributed by atoms with Gasteiger partial charge in [0.05, 0.1) is 13.7 Å². The van der Waals surface area contributed by atoms with Crippen molar-refractivity contribution in [2.75, 3.05) is 44.5 Å². The second kappa shape index (κ2) is 16.9. The molecule has 7 nitrogen and oxygen atoms in total. The van der Waals surface area contributed by atoms with Crippen LogP contribution in [0.15, 0.2) is 42.5 Å². The summed E-state index contributed by atoms with van der Waals surface area (Å²) in [5, 5.41) is 8.88. The fourth-order valence-electron chi connectivity index (χ4n) is 4.30. The van der Waals surface area contributed by atoms with E-state index in [4.69, 9.17) is 10.5 Å². The topological polar surface area (TPSA) is 96.7 Å². The first-order chi connectivity index (χ1) is 17.8. The molecule has 9 heteroatoms. The molecule has 1 amide bonds. The second-order valence-corrected chi connectivity index (χ2v) is 10.9. The van der Waals surface area contributed by atoms with Crippen LogP contribution in [-0.4, -0.2) is 79.4 Å². The normalized spacial score (nSPS) is 14.8. The van der Waals surface area contributed by atoms with Crippen LogP contribution in [0.3, 0.4) is 0 Å². The summed E-state index contributed by atoms with van der Waals surface area (Å²) in [5.41, 5.74) is 7.29. The first-order valence-corrected chi connectivity index (χ1v) is 15.0. The van der Waals surface area contributed by atoms with Crippen LogP contribution in [-0.2, 0) is 20.9 Å². The van der Waals surface area contributed by atoms with E-state index in [0.717, 1.165) is 17.7 Å². The minimum Gasteiger partial charge on any atom is -0.467 e. The van der Waals surface area contributed by atoms with Gasteiger partial charge in [0.2, 0.25) is 5.91 Å². The lowest BCUT2D eigenvalue weighted by molar-refractivity contribution is -0.145. The molecule has 0 saturated carbocycles. The van der Waals surface area contributed by atoms with Gasteiger partial charge in [-0.25, -0.2) is 4.79 Å². The molecule has 4 N–H and O–H groups in total. The van der Waals surface area contributed by atoms with Crippen LogP contribution in [0.25, 0.3) is 10.8 Å². The molecule has 0 aliphatic heterocycles. The highest BCUT2D eigenvalue weighted by Gasteiger charge is 2.25. The summed E-state index contributed by atoms with van der Waals surface area (Å²) in [5.74, 6) is 1.14. The second-order valence-electron chi connectivity index (χ2n) is 9.58. The third kappa shape index (κ3) is 10.5. The first kappa shape index (κ1) is 31.4. The van der Waals surface area contributed by atoms with Crippen LogP contribution in [0.5, 0.6) is 0 Å². The van der Waals surface area contributed by atoms with Gasteiger partial charge < -0.3 is 21.1 Å². The molecule has 2 rings (SSSR count). The summed E-state index contributed by atoms with van der Waals surface area (Å²) in [6.45, 7) is 6.49. The van der Waals surface area contributed by atoms with E-state index in [2.05, 4.69) is 72.3 Å². The molecule has 3 unspecified atom stereocenters. The van der Waals surface area contributed by atoms with Gasteiger partial charge in [-0.2, -0.15) is 24.4 Å². The number of hydrogen-bond acceptors (Lipinski definition) is 8. The Kier molecular flexibility index (Phi) is 14.4. The largest absolute Gasteiger partial charge is 0.467 e. The number of fused-ring (bicyclic) bond motifs is 1. The number of nitrogens with two attached hydrogens (primary N) is 1. The average Bonchev–Trinajstić information content (AvgIpc) is 2.92. The van der Waals surface area contributed by atoms with Gasteiger partial charge >= 0.3 is 5.97 Å². The zero-order valence-electron chi connectivity index (χ0n) is 22.6. The third-order valence-corrected chi connectivity index (χ3v) is 7.85. The number of nitrogens with zero attached hydrogens (tertiary/aromatic N) is 1. The van der Waals surface area contributed by atoms with E-state index in [9.17, 15) is 9.59 Å². The average molecular weight is 549 g/mol. The van der Waals surface area contributed by atoms with E-state index in [-0.39, 0.29) is 24.5 Å². The van der Waals surface area contributed by atoms with Crippen LogP contribution in [0, 0.1) is 5.92 Å². The van der Waals surface area contributed by atoms with Crippen LogP contribution in [0.2, 0.25) is 0 Å². The lowest BCUT2D eigenvalue weighted by Gasteiger charge is -2.32. The summed E-state index contributed by atoms with van der Waals surface area (Å²) < 4.78 is 4.93. The lowest BCUT2D eigenvalue weighted by atomic mass is 9.97. The molecule has 0 aliphatic carbocycles. The maximum atomic E-state index is 13.2. The Hall–Kier alpha value is -1.78. The van der Waals surface area contributed by atoms with Gasteiger partial charge in [0.15, 0.2) is 0 Å². The number of rotatable bonds is 17. The number of benzene rings is 2. The Morgan fingerprint density at radius 2 is 1.92 bits per heavy atom. The standard InChI is InChI=1S/C28H44N4O3S2/c1-5-20(2)26(30-15-23(29)19-36)17-32(16-22-11-8-10-21-9-6-7-12-24(21)22)18-27(33)31-25(13-14-37-4)28(34)35-3/h6-12,20,23,25-26,30,36H,5,13-19,29H2,1-4H3,(H,31,33)/t20?,23-,25?,26?/m0/s1. The molecular formula is C28H44N4O3S2. The number of thiol groups is 1. The fourth-order valence-corrected chi connectivity index (χ4v) is 4.90. The zero-order chi connectivity index (χ0) is 27.2. The Morgan fingerprint density at radius 1 is 1.19 bits per heavy atom. The Balaban J connectivity index is 2.27. The number of carbonyl (C=O) groups excluding carboxylic acids is 2. The summed E-state index contributed by atoms with van der Waals surface area (Å²) in [6, 6.07) is 14.0. The number of amides is 1. The smallest absolute Gasteiger partial charge is 0.328 e. The Labute approximate surface area is 232 Å². The maximum absolute atomic E-state index is 13.2. The van der Waals surface area contributed by atoms with E-state index in [1.54, 1.807) is 11.8 Å².